The van der Waals surface area contributed by atoms with Gasteiger partial charge in [0.15, 0.2) is 0 Å². The average molecular weight is 324 g/mol. The number of carbonyl (C=O) groups excluding carboxylic acids is 1. The van der Waals surface area contributed by atoms with E-state index in [0.717, 1.165) is 31.9 Å². The van der Waals surface area contributed by atoms with E-state index < -0.39 is 11.6 Å². The Morgan fingerprint density at radius 2 is 1.83 bits per heavy atom. The van der Waals surface area contributed by atoms with Crippen molar-refractivity contribution in [2.24, 2.45) is 0 Å². The standard InChI is InChI=1S/C17H22F2N2O2/c18-13-10-14(19)12-15(11-13)20-5-7-21(8-6-20)17(22)4-3-16-2-1-9-23-16/h10-12,16H,1-9H2/t16-/m0/s1. The Bertz CT molecular complexity index is 533. The minimum Gasteiger partial charge on any atom is -0.378 e. The van der Waals surface area contributed by atoms with Crippen LogP contribution in [0.2, 0.25) is 0 Å². The summed E-state index contributed by atoms with van der Waals surface area (Å²) in [6.45, 7) is 3.16. The molecule has 1 aromatic rings. The molecule has 2 fully saturated rings. The Balaban J connectivity index is 1.48. The van der Waals surface area contributed by atoms with Crippen molar-refractivity contribution >= 4 is 11.6 Å². The number of hydrogen-bond donors (Lipinski definition) is 0. The lowest BCUT2D eigenvalue weighted by atomic mass is 10.1. The molecule has 0 saturated carbocycles. The van der Waals surface area contributed by atoms with Crippen molar-refractivity contribution in [3.8, 4) is 0 Å². The van der Waals surface area contributed by atoms with Gasteiger partial charge in [-0.3, -0.25) is 4.79 Å². The lowest BCUT2D eigenvalue weighted by Crippen LogP contribution is -2.48. The molecule has 2 aliphatic heterocycles. The lowest BCUT2D eigenvalue weighted by Gasteiger charge is -2.36. The second kappa shape index (κ2) is 7.25. The zero-order valence-electron chi connectivity index (χ0n) is 13.1. The highest BCUT2D eigenvalue weighted by molar-refractivity contribution is 5.76. The van der Waals surface area contributed by atoms with Crippen LogP contribution in [0.15, 0.2) is 18.2 Å². The summed E-state index contributed by atoms with van der Waals surface area (Å²) in [6, 6.07) is 3.53. The molecule has 0 aromatic heterocycles. The highest BCUT2D eigenvalue weighted by Gasteiger charge is 2.23. The predicted molar refractivity (Wildman–Crippen MR) is 83.4 cm³/mol. The van der Waals surface area contributed by atoms with E-state index in [1.807, 2.05) is 9.80 Å². The van der Waals surface area contributed by atoms with Gasteiger partial charge in [0, 0.05) is 51.0 Å². The van der Waals surface area contributed by atoms with Crippen LogP contribution < -0.4 is 4.90 Å². The number of halogens is 2. The van der Waals surface area contributed by atoms with Crippen LogP contribution >= 0.6 is 0 Å². The number of amides is 1. The molecule has 1 amide bonds. The largest absolute Gasteiger partial charge is 0.378 e. The fraction of sp³-hybridized carbons (Fsp3) is 0.588. The molecule has 2 heterocycles. The zero-order valence-corrected chi connectivity index (χ0v) is 13.1. The third-order valence-corrected chi connectivity index (χ3v) is 4.55. The Hall–Kier alpha value is -1.69. The van der Waals surface area contributed by atoms with Crippen LogP contribution in [0.3, 0.4) is 0 Å². The number of piperazine rings is 1. The fourth-order valence-corrected chi connectivity index (χ4v) is 3.25. The second-order valence-corrected chi connectivity index (χ2v) is 6.17. The average Bonchev–Trinajstić information content (AvgIpc) is 3.05. The molecule has 0 radical (unpaired) electrons. The van der Waals surface area contributed by atoms with Gasteiger partial charge in [-0.05, 0) is 31.4 Å². The topological polar surface area (TPSA) is 32.8 Å². The van der Waals surface area contributed by atoms with Crippen molar-refractivity contribution in [1.82, 2.24) is 4.90 Å². The Labute approximate surface area is 135 Å². The van der Waals surface area contributed by atoms with Gasteiger partial charge < -0.3 is 14.5 Å². The van der Waals surface area contributed by atoms with Crippen molar-refractivity contribution in [3.63, 3.8) is 0 Å². The van der Waals surface area contributed by atoms with Gasteiger partial charge in [0.25, 0.3) is 0 Å². The number of hydrogen-bond acceptors (Lipinski definition) is 3. The van der Waals surface area contributed by atoms with E-state index in [-0.39, 0.29) is 12.0 Å². The van der Waals surface area contributed by atoms with Crippen LogP contribution in [0.4, 0.5) is 14.5 Å². The lowest BCUT2D eigenvalue weighted by molar-refractivity contribution is -0.132. The molecular formula is C17H22F2N2O2. The Morgan fingerprint density at radius 1 is 1.13 bits per heavy atom. The molecule has 1 atom stereocenters. The Kier molecular flexibility index (Phi) is 5.10. The SMILES string of the molecule is O=C(CC[C@@H]1CCCO1)N1CCN(c2cc(F)cc(F)c2)CC1. The summed E-state index contributed by atoms with van der Waals surface area (Å²) >= 11 is 0. The maximum Gasteiger partial charge on any atom is 0.222 e. The molecule has 0 aliphatic carbocycles. The third-order valence-electron chi connectivity index (χ3n) is 4.55. The van der Waals surface area contributed by atoms with Crippen molar-refractivity contribution in [3.05, 3.63) is 29.8 Å². The number of benzene rings is 1. The number of rotatable bonds is 4. The van der Waals surface area contributed by atoms with Gasteiger partial charge in [-0.15, -0.1) is 0 Å². The van der Waals surface area contributed by atoms with Gasteiger partial charge in [0.1, 0.15) is 11.6 Å². The summed E-state index contributed by atoms with van der Waals surface area (Å²) in [7, 11) is 0. The van der Waals surface area contributed by atoms with Gasteiger partial charge in [0.2, 0.25) is 5.91 Å². The molecular weight excluding hydrogens is 302 g/mol. The second-order valence-electron chi connectivity index (χ2n) is 6.17. The van der Waals surface area contributed by atoms with Crippen LogP contribution in [0.25, 0.3) is 0 Å². The van der Waals surface area contributed by atoms with Gasteiger partial charge in [-0.25, -0.2) is 8.78 Å². The first-order valence-electron chi connectivity index (χ1n) is 8.22. The van der Waals surface area contributed by atoms with Crippen molar-refractivity contribution in [2.75, 3.05) is 37.7 Å². The first kappa shape index (κ1) is 16.2. The van der Waals surface area contributed by atoms with Crippen molar-refractivity contribution < 1.29 is 18.3 Å². The van der Waals surface area contributed by atoms with Crippen LogP contribution in [0.5, 0.6) is 0 Å². The molecule has 126 valence electrons. The van der Waals surface area contributed by atoms with E-state index in [2.05, 4.69) is 0 Å². The first-order valence-corrected chi connectivity index (χ1v) is 8.22. The number of nitrogens with zero attached hydrogens (tertiary/aromatic N) is 2. The maximum atomic E-state index is 13.3. The van der Waals surface area contributed by atoms with Crippen molar-refractivity contribution in [2.45, 2.75) is 31.8 Å². The summed E-state index contributed by atoms with van der Waals surface area (Å²) in [6.07, 6.45) is 3.66. The quantitative estimate of drug-likeness (QED) is 0.853. The minimum atomic E-state index is -0.574. The molecule has 1 aromatic carbocycles. The number of anilines is 1. The Morgan fingerprint density at radius 3 is 2.43 bits per heavy atom. The molecule has 4 nitrogen and oxygen atoms in total. The van der Waals surface area contributed by atoms with Crippen LogP contribution in [-0.4, -0.2) is 49.7 Å². The highest BCUT2D eigenvalue weighted by atomic mass is 19.1. The van der Waals surface area contributed by atoms with E-state index in [4.69, 9.17) is 4.74 Å². The zero-order chi connectivity index (χ0) is 16.2. The molecule has 2 aliphatic rings. The van der Waals surface area contributed by atoms with Crippen LogP contribution in [0.1, 0.15) is 25.7 Å². The van der Waals surface area contributed by atoms with E-state index in [0.29, 0.717) is 38.3 Å². The van der Waals surface area contributed by atoms with E-state index in [1.54, 1.807) is 0 Å². The first-order chi connectivity index (χ1) is 11.1. The normalized spacial score (nSPS) is 21.7. The summed E-state index contributed by atoms with van der Waals surface area (Å²) in [5.74, 6) is -1.00. The van der Waals surface area contributed by atoms with Gasteiger partial charge in [-0.2, -0.15) is 0 Å². The summed E-state index contributed by atoms with van der Waals surface area (Å²) < 4.78 is 32.1. The summed E-state index contributed by atoms with van der Waals surface area (Å²) in [5.41, 5.74) is 0.536. The molecule has 6 heteroatoms. The predicted octanol–water partition coefficient (Wildman–Crippen LogP) is 2.57. The molecule has 2 saturated heterocycles. The monoisotopic (exact) mass is 324 g/mol. The smallest absolute Gasteiger partial charge is 0.222 e. The highest BCUT2D eigenvalue weighted by Crippen LogP contribution is 2.21. The van der Waals surface area contributed by atoms with Crippen LogP contribution in [-0.2, 0) is 9.53 Å². The number of ether oxygens (including phenoxy) is 1. The van der Waals surface area contributed by atoms with Crippen molar-refractivity contribution in [1.29, 1.82) is 0 Å². The van der Waals surface area contributed by atoms with Gasteiger partial charge >= 0.3 is 0 Å². The van der Waals surface area contributed by atoms with E-state index >= 15 is 0 Å². The number of carbonyl (C=O) groups is 1. The summed E-state index contributed by atoms with van der Waals surface area (Å²) in [4.78, 5) is 16.0. The molecule has 0 unspecified atom stereocenters. The fourth-order valence-electron chi connectivity index (χ4n) is 3.25. The van der Waals surface area contributed by atoms with Gasteiger partial charge in [-0.1, -0.05) is 0 Å². The summed E-state index contributed by atoms with van der Waals surface area (Å²) in [5, 5.41) is 0. The molecule has 0 N–H and O–H groups in total. The van der Waals surface area contributed by atoms with E-state index in [9.17, 15) is 13.6 Å². The van der Waals surface area contributed by atoms with Gasteiger partial charge in [0.05, 0.1) is 6.10 Å². The molecule has 0 spiro atoms. The van der Waals surface area contributed by atoms with Crippen LogP contribution in [0, 0.1) is 11.6 Å². The van der Waals surface area contributed by atoms with E-state index in [1.165, 1.54) is 12.1 Å². The molecule has 0 bridgehead atoms. The third kappa shape index (κ3) is 4.19. The minimum absolute atomic E-state index is 0.144. The molecule has 3 rings (SSSR count). The maximum absolute atomic E-state index is 13.3. The molecule has 23 heavy (non-hydrogen) atoms.